The summed E-state index contributed by atoms with van der Waals surface area (Å²) in [6.45, 7) is 3.12. The molecule has 0 saturated heterocycles. The molecular weight excluding hydrogens is 408 g/mol. The molecule has 0 spiro atoms. The smallest absolute Gasteiger partial charge is 0.337 e. The van der Waals surface area contributed by atoms with Crippen molar-refractivity contribution in [2.75, 3.05) is 26.6 Å². The monoisotopic (exact) mass is 430 g/mol. The number of methoxy groups -OCH3 is 2. The molecule has 0 unspecified atom stereocenters. The Bertz CT molecular complexity index is 1080. The van der Waals surface area contributed by atoms with Crippen molar-refractivity contribution < 1.29 is 19.1 Å². The second-order valence-electron chi connectivity index (χ2n) is 6.08. The molecule has 0 fully saturated rings. The lowest BCUT2D eigenvalue weighted by Gasteiger charge is -2.05. The highest BCUT2D eigenvalue weighted by Gasteiger charge is 2.12. The van der Waals surface area contributed by atoms with Crippen molar-refractivity contribution in [3.63, 3.8) is 0 Å². The molecule has 0 bridgehead atoms. The van der Waals surface area contributed by atoms with Crippen LogP contribution >= 0.6 is 23.1 Å². The molecule has 0 saturated carbocycles. The molecule has 0 atom stereocenters. The summed E-state index contributed by atoms with van der Waals surface area (Å²) in [6.07, 6.45) is 0. The van der Waals surface area contributed by atoms with E-state index in [1.165, 1.54) is 18.4 Å². The van der Waals surface area contributed by atoms with Gasteiger partial charge in [0.25, 0.3) is 5.91 Å². The van der Waals surface area contributed by atoms with Crippen LogP contribution in [0.2, 0.25) is 0 Å². The van der Waals surface area contributed by atoms with Gasteiger partial charge in [-0.05, 0) is 48.2 Å². The molecular formula is C21H22N2O4S2. The minimum absolute atomic E-state index is 0.302. The third-order valence-corrected chi connectivity index (χ3v) is 6.17. The average molecular weight is 431 g/mol. The summed E-state index contributed by atoms with van der Waals surface area (Å²) in [5.41, 5.74) is 1.89. The predicted octanol–water partition coefficient (Wildman–Crippen LogP) is 3.99. The molecule has 152 valence electrons. The Morgan fingerprint density at radius 1 is 1.10 bits per heavy atom. The van der Waals surface area contributed by atoms with Crippen molar-refractivity contribution in [2.24, 2.45) is 4.99 Å². The Balaban J connectivity index is 2.03. The molecule has 6 nitrogen and oxygen atoms in total. The van der Waals surface area contributed by atoms with Crippen molar-refractivity contribution in [1.82, 2.24) is 4.57 Å². The second kappa shape index (κ2) is 9.87. The molecule has 1 aromatic heterocycles. The van der Waals surface area contributed by atoms with E-state index in [-0.39, 0.29) is 5.91 Å². The number of carbonyl (C=O) groups is 2. The lowest BCUT2D eigenvalue weighted by Crippen LogP contribution is -2.19. The number of hydrogen-bond donors (Lipinski definition) is 0. The molecule has 3 rings (SSSR count). The highest BCUT2D eigenvalue weighted by molar-refractivity contribution is 7.99. The molecule has 0 radical (unpaired) electrons. The molecule has 0 N–H and O–H groups in total. The van der Waals surface area contributed by atoms with Gasteiger partial charge in [-0.3, -0.25) is 4.79 Å². The molecule has 0 aliphatic heterocycles. The molecule has 8 heteroatoms. The number of ether oxygens (including phenoxy) is 2. The maximum absolute atomic E-state index is 12.7. The number of nitrogens with zero attached hydrogens (tertiary/aromatic N) is 2. The van der Waals surface area contributed by atoms with Gasteiger partial charge in [-0.25, -0.2) is 4.79 Å². The van der Waals surface area contributed by atoms with Crippen molar-refractivity contribution in [2.45, 2.75) is 18.4 Å². The van der Waals surface area contributed by atoms with Crippen molar-refractivity contribution in [3.05, 3.63) is 58.4 Å². The minimum Gasteiger partial charge on any atom is -0.465 e. The van der Waals surface area contributed by atoms with E-state index in [2.05, 4.69) is 11.9 Å². The average Bonchev–Trinajstić information content (AvgIpc) is 3.08. The molecule has 1 amide bonds. The first-order valence-electron chi connectivity index (χ1n) is 9.10. The number of thioether (sulfide) groups is 1. The summed E-state index contributed by atoms with van der Waals surface area (Å²) < 4.78 is 12.8. The van der Waals surface area contributed by atoms with Crippen LogP contribution in [0.1, 0.15) is 27.6 Å². The van der Waals surface area contributed by atoms with Gasteiger partial charge < -0.3 is 14.0 Å². The van der Waals surface area contributed by atoms with Crippen LogP contribution in [0.3, 0.4) is 0 Å². The summed E-state index contributed by atoms with van der Waals surface area (Å²) in [4.78, 5) is 30.6. The SMILES string of the molecule is CCSc1ccc(C(=O)N=c2sc3cc(C(=O)OC)ccc3n2CCOC)cc1. The topological polar surface area (TPSA) is 69.9 Å². The standard InChI is InChI=1S/C21H22N2O4S2/c1-4-28-16-8-5-14(6-9-16)19(24)22-21-23(11-12-26-2)17-10-7-15(20(25)27-3)13-18(17)29-21/h5-10,13H,4,11-12H2,1-3H3. The zero-order valence-corrected chi connectivity index (χ0v) is 18.1. The zero-order valence-electron chi connectivity index (χ0n) is 16.5. The maximum atomic E-state index is 12.7. The van der Waals surface area contributed by atoms with Gasteiger partial charge in [0.15, 0.2) is 4.80 Å². The Morgan fingerprint density at radius 3 is 2.48 bits per heavy atom. The summed E-state index contributed by atoms with van der Waals surface area (Å²) in [5, 5.41) is 0. The first-order valence-corrected chi connectivity index (χ1v) is 10.9. The number of thiazole rings is 1. The van der Waals surface area contributed by atoms with Crippen LogP contribution in [-0.4, -0.2) is 43.0 Å². The third kappa shape index (κ3) is 4.95. The Kier molecular flexibility index (Phi) is 7.24. The van der Waals surface area contributed by atoms with Gasteiger partial charge in [-0.2, -0.15) is 4.99 Å². The fourth-order valence-electron chi connectivity index (χ4n) is 2.81. The molecule has 2 aromatic carbocycles. The van der Waals surface area contributed by atoms with Crippen molar-refractivity contribution in [3.8, 4) is 0 Å². The lowest BCUT2D eigenvalue weighted by atomic mass is 10.2. The Hall–Kier alpha value is -2.42. The van der Waals surface area contributed by atoms with Crippen LogP contribution in [0.4, 0.5) is 0 Å². The number of carbonyl (C=O) groups excluding carboxylic acids is 2. The molecule has 1 heterocycles. The van der Waals surface area contributed by atoms with Crippen LogP contribution < -0.4 is 4.80 Å². The summed E-state index contributed by atoms with van der Waals surface area (Å²) in [5.74, 6) is 0.277. The van der Waals surface area contributed by atoms with Crippen molar-refractivity contribution in [1.29, 1.82) is 0 Å². The molecule has 3 aromatic rings. The number of amides is 1. The molecule has 0 aliphatic carbocycles. The van der Waals surface area contributed by atoms with Crippen LogP contribution in [0.25, 0.3) is 10.2 Å². The quantitative estimate of drug-likeness (QED) is 0.419. The van der Waals surface area contributed by atoms with Crippen LogP contribution in [0, 0.1) is 0 Å². The van der Waals surface area contributed by atoms with Gasteiger partial charge in [-0.1, -0.05) is 18.3 Å². The van der Waals surface area contributed by atoms with Gasteiger partial charge >= 0.3 is 5.97 Å². The largest absolute Gasteiger partial charge is 0.465 e. The number of hydrogen-bond acceptors (Lipinski definition) is 6. The Morgan fingerprint density at radius 2 is 1.83 bits per heavy atom. The number of aromatic nitrogens is 1. The summed E-state index contributed by atoms with van der Waals surface area (Å²) >= 11 is 3.08. The minimum atomic E-state index is -0.400. The second-order valence-corrected chi connectivity index (χ2v) is 8.42. The number of esters is 1. The number of fused-ring (bicyclic) bond motifs is 1. The third-order valence-electron chi connectivity index (χ3n) is 4.23. The molecule has 29 heavy (non-hydrogen) atoms. The fourth-order valence-corrected chi connectivity index (χ4v) is 4.57. The lowest BCUT2D eigenvalue weighted by molar-refractivity contribution is 0.0600. The van der Waals surface area contributed by atoms with E-state index in [0.717, 1.165) is 20.9 Å². The highest BCUT2D eigenvalue weighted by atomic mass is 32.2. The summed E-state index contributed by atoms with van der Waals surface area (Å²) in [7, 11) is 2.98. The van der Waals surface area contributed by atoms with Crippen LogP contribution in [0.5, 0.6) is 0 Å². The van der Waals surface area contributed by atoms with E-state index in [9.17, 15) is 9.59 Å². The van der Waals surface area contributed by atoms with E-state index >= 15 is 0 Å². The van der Waals surface area contributed by atoms with E-state index < -0.39 is 5.97 Å². The predicted molar refractivity (Wildman–Crippen MR) is 116 cm³/mol. The normalized spacial score (nSPS) is 11.8. The first kappa shape index (κ1) is 21.3. The number of rotatable bonds is 7. The van der Waals surface area contributed by atoms with Crippen molar-refractivity contribution >= 4 is 45.2 Å². The molecule has 0 aliphatic rings. The zero-order chi connectivity index (χ0) is 20.8. The van der Waals surface area contributed by atoms with Gasteiger partial charge in [0.1, 0.15) is 0 Å². The van der Waals surface area contributed by atoms with E-state index in [0.29, 0.717) is 29.1 Å². The Labute approximate surface area is 177 Å². The first-order chi connectivity index (χ1) is 14.1. The summed E-state index contributed by atoms with van der Waals surface area (Å²) in [6, 6.07) is 12.8. The van der Waals surface area contributed by atoms with Gasteiger partial charge in [-0.15, -0.1) is 11.8 Å². The highest BCUT2D eigenvalue weighted by Crippen LogP contribution is 2.21. The van der Waals surface area contributed by atoms with E-state index in [1.54, 1.807) is 43.1 Å². The number of benzene rings is 2. The van der Waals surface area contributed by atoms with Gasteiger partial charge in [0.05, 0.1) is 29.5 Å². The van der Waals surface area contributed by atoms with E-state index in [4.69, 9.17) is 9.47 Å². The fraction of sp³-hybridized carbons (Fsp3) is 0.286. The van der Waals surface area contributed by atoms with Crippen LogP contribution in [-0.2, 0) is 16.0 Å². The van der Waals surface area contributed by atoms with Gasteiger partial charge in [0.2, 0.25) is 0 Å². The van der Waals surface area contributed by atoms with Crippen LogP contribution in [0.15, 0.2) is 52.4 Å². The van der Waals surface area contributed by atoms with Gasteiger partial charge in [0, 0.05) is 24.1 Å². The van der Waals surface area contributed by atoms with E-state index in [1.807, 2.05) is 22.8 Å². The maximum Gasteiger partial charge on any atom is 0.337 e.